The summed E-state index contributed by atoms with van der Waals surface area (Å²) in [6, 6.07) is 4.67. The van der Waals surface area contributed by atoms with Crippen LogP contribution in [0.5, 0.6) is 0 Å². The molecule has 206 valence electrons. The van der Waals surface area contributed by atoms with Crippen molar-refractivity contribution in [3.63, 3.8) is 0 Å². The minimum Gasteiger partial charge on any atom is -0.444 e. The van der Waals surface area contributed by atoms with Crippen molar-refractivity contribution in [3.8, 4) is 0 Å². The number of hydrogen-bond donors (Lipinski definition) is 3. The molecule has 1 aromatic carbocycles. The largest absolute Gasteiger partial charge is 0.444 e. The first-order valence-electron chi connectivity index (χ1n) is 12.6. The lowest BCUT2D eigenvalue weighted by Crippen LogP contribution is -2.59. The highest BCUT2D eigenvalue weighted by atomic mass is 16.6. The summed E-state index contributed by atoms with van der Waals surface area (Å²) >= 11 is 0. The van der Waals surface area contributed by atoms with Gasteiger partial charge < -0.3 is 26.0 Å². The normalized spacial score (nSPS) is 14.1. The van der Waals surface area contributed by atoms with Crippen LogP contribution in [-0.2, 0) is 19.1 Å². The van der Waals surface area contributed by atoms with Gasteiger partial charge in [-0.05, 0) is 72.1 Å². The molecule has 1 aromatic rings. The zero-order valence-electron chi connectivity index (χ0n) is 23.5. The predicted molar refractivity (Wildman–Crippen MR) is 145 cm³/mol. The number of hydrogen-bond acceptors (Lipinski definition) is 5. The summed E-state index contributed by atoms with van der Waals surface area (Å²) in [5, 5.41) is 5.50. The minimum absolute atomic E-state index is 0.124. The van der Waals surface area contributed by atoms with Crippen molar-refractivity contribution < 1.29 is 23.9 Å². The third-order valence-corrected chi connectivity index (χ3v) is 5.43. The molecule has 0 saturated heterocycles. The minimum atomic E-state index is -1.34. The highest BCUT2D eigenvalue weighted by molar-refractivity contribution is 5.95. The predicted octanol–water partition coefficient (Wildman–Crippen LogP) is 4.07. The number of nitrogens with zero attached hydrogens (tertiary/aromatic N) is 1. The van der Waals surface area contributed by atoms with Gasteiger partial charge in [0.25, 0.3) is 0 Å². The van der Waals surface area contributed by atoms with Gasteiger partial charge in [-0.1, -0.05) is 44.2 Å². The topological polar surface area (TPSA) is 131 Å². The molecule has 4 amide bonds. The van der Waals surface area contributed by atoms with E-state index in [1.165, 1.54) is 4.90 Å². The van der Waals surface area contributed by atoms with E-state index < -0.39 is 47.6 Å². The van der Waals surface area contributed by atoms with E-state index in [-0.39, 0.29) is 11.9 Å². The molecule has 0 aliphatic heterocycles. The van der Waals surface area contributed by atoms with E-state index in [2.05, 4.69) is 17.2 Å². The van der Waals surface area contributed by atoms with Crippen molar-refractivity contribution in [2.75, 3.05) is 0 Å². The molecule has 9 nitrogen and oxygen atoms in total. The molecule has 37 heavy (non-hydrogen) atoms. The van der Waals surface area contributed by atoms with Gasteiger partial charge in [-0.15, -0.1) is 0 Å². The second-order valence-electron chi connectivity index (χ2n) is 11.2. The third kappa shape index (κ3) is 10.3. The summed E-state index contributed by atoms with van der Waals surface area (Å²) in [7, 11) is 0. The summed E-state index contributed by atoms with van der Waals surface area (Å²) in [5.41, 5.74) is 5.07. The van der Waals surface area contributed by atoms with Crippen LogP contribution in [0.2, 0.25) is 0 Å². The molecule has 1 rings (SSSR count). The van der Waals surface area contributed by atoms with Crippen molar-refractivity contribution in [1.29, 1.82) is 0 Å². The summed E-state index contributed by atoms with van der Waals surface area (Å²) < 4.78 is 5.30. The second kappa shape index (κ2) is 13.3. The molecule has 0 aliphatic rings. The second-order valence-corrected chi connectivity index (χ2v) is 11.2. The lowest BCUT2D eigenvalue weighted by molar-refractivity contribution is -0.149. The Balaban J connectivity index is 3.63. The summed E-state index contributed by atoms with van der Waals surface area (Å²) in [4.78, 5) is 53.7. The molecule has 0 aromatic heterocycles. The van der Waals surface area contributed by atoms with Gasteiger partial charge in [0.2, 0.25) is 17.7 Å². The Hall–Kier alpha value is -3.36. The summed E-state index contributed by atoms with van der Waals surface area (Å²) in [6.45, 7) is 18.1. The van der Waals surface area contributed by atoms with Gasteiger partial charge in [0.15, 0.2) is 0 Å². The number of carbonyl (C=O) groups is 4. The van der Waals surface area contributed by atoms with Crippen LogP contribution in [-0.4, -0.2) is 51.9 Å². The Labute approximate surface area is 221 Å². The molecule has 3 atom stereocenters. The van der Waals surface area contributed by atoms with Gasteiger partial charge in [0.05, 0.1) is 6.42 Å². The van der Waals surface area contributed by atoms with E-state index in [9.17, 15) is 19.2 Å². The number of alkyl carbamates (subject to hydrolysis) is 1. The van der Waals surface area contributed by atoms with Crippen molar-refractivity contribution in [2.24, 2.45) is 5.73 Å². The number of nitrogens with one attached hydrogen (secondary N) is 2. The number of nitrogens with two attached hydrogens (primary N) is 1. The van der Waals surface area contributed by atoms with Crippen LogP contribution >= 0.6 is 0 Å². The van der Waals surface area contributed by atoms with E-state index in [4.69, 9.17) is 10.5 Å². The maximum Gasteiger partial charge on any atom is 0.408 e. The maximum absolute atomic E-state index is 14.1. The van der Waals surface area contributed by atoms with Gasteiger partial charge in [-0.2, -0.15) is 0 Å². The van der Waals surface area contributed by atoms with E-state index in [1.807, 2.05) is 19.9 Å². The Morgan fingerprint density at radius 1 is 1.11 bits per heavy atom. The highest BCUT2D eigenvalue weighted by Gasteiger charge is 2.42. The van der Waals surface area contributed by atoms with E-state index in [0.29, 0.717) is 5.56 Å². The number of ether oxygens (including phenoxy) is 1. The maximum atomic E-state index is 14.1. The number of carbonyl (C=O) groups excluding carboxylic acids is 4. The van der Waals surface area contributed by atoms with Crippen LogP contribution in [0.1, 0.15) is 91.8 Å². The van der Waals surface area contributed by atoms with E-state index >= 15 is 0 Å². The summed E-state index contributed by atoms with van der Waals surface area (Å²) in [6.07, 6.45) is 1.96. The van der Waals surface area contributed by atoms with Gasteiger partial charge in [0.1, 0.15) is 17.7 Å². The fourth-order valence-corrected chi connectivity index (χ4v) is 3.96. The van der Waals surface area contributed by atoms with Crippen LogP contribution in [0.3, 0.4) is 0 Å². The average Bonchev–Trinajstić information content (AvgIpc) is 2.74. The lowest BCUT2D eigenvalue weighted by atomic mass is 9.93. The van der Waals surface area contributed by atoms with Crippen LogP contribution in [0, 0.1) is 0 Å². The van der Waals surface area contributed by atoms with Crippen LogP contribution in [0.4, 0.5) is 4.79 Å². The van der Waals surface area contributed by atoms with Crippen LogP contribution < -0.4 is 16.4 Å². The number of benzene rings is 1. The van der Waals surface area contributed by atoms with Gasteiger partial charge in [0, 0.05) is 11.6 Å². The zero-order chi connectivity index (χ0) is 28.6. The summed E-state index contributed by atoms with van der Waals surface area (Å²) in [5.74, 6) is -1.79. The van der Waals surface area contributed by atoms with Crippen molar-refractivity contribution >= 4 is 29.9 Å². The first-order valence-corrected chi connectivity index (χ1v) is 12.6. The zero-order valence-corrected chi connectivity index (χ0v) is 23.5. The number of amides is 4. The average molecular weight is 517 g/mol. The third-order valence-electron chi connectivity index (χ3n) is 5.43. The molecule has 9 heteroatoms. The molecule has 0 radical (unpaired) electrons. The molecule has 0 spiro atoms. The Kier molecular flexibility index (Phi) is 11.4. The lowest BCUT2D eigenvalue weighted by Gasteiger charge is -2.43. The standard InChI is InChI=1S/C28H44N4O5/c1-10-13-18(3)30-24(34)23(20-15-12-14-19(11-2)16-20)32(27(4,5)6)25(35)21(17-22(29)33)31-26(36)37-28(7,8)9/h11-12,14-16,18,21,23H,2,10,13,17H2,1,3-9H3,(H2,29,33)(H,30,34)(H,31,36). The van der Waals surface area contributed by atoms with Crippen molar-refractivity contribution in [3.05, 3.63) is 42.0 Å². The highest BCUT2D eigenvalue weighted by Crippen LogP contribution is 2.31. The quantitative estimate of drug-likeness (QED) is 0.408. The molecule has 3 unspecified atom stereocenters. The van der Waals surface area contributed by atoms with Gasteiger partial charge >= 0.3 is 6.09 Å². The monoisotopic (exact) mass is 516 g/mol. The molecule has 0 fully saturated rings. The smallest absolute Gasteiger partial charge is 0.408 e. The molecule has 0 heterocycles. The van der Waals surface area contributed by atoms with E-state index in [0.717, 1.165) is 18.4 Å². The Bertz CT molecular complexity index is 978. The Morgan fingerprint density at radius 2 is 1.73 bits per heavy atom. The van der Waals surface area contributed by atoms with E-state index in [1.54, 1.807) is 65.8 Å². The molecule has 4 N–H and O–H groups in total. The first kappa shape index (κ1) is 31.7. The fourth-order valence-electron chi connectivity index (χ4n) is 3.96. The SMILES string of the molecule is C=Cc1cccc(C(C(=O)NC(C)CCC)N(C(=O)C(CC(N)=O)NC(=O)OC(C)(C)C)C(C)(C)C)c1. The Morgan fingerprint density at radius 3 is 2.22 bits per heavy atom. The van der Waals surface area contributed by atoms with Crippen LogP contribution in [0.15, 0.2) is 30.8 Å². The molecule has 0 bridgehead atoms. The number of primary amides is 1. The molecule has 0 saturated carbocycles. The van der Waals surface area contributed by atoms with Gasteiger partial charge in [-0.3, -0.25) is 14.4 Å². The fraction of sp³-hybridized carbons (Fsp3) is 0.571. The molecular formula is C28H44N4O5. The van der Waals surface area contributed by atoms with Crippen molar-refractivity contribution in [2.45, 2.75) is 104 Å². The van der Waals surface area contributed by atoms with Gasteiger partial charge in [-0.25, -0.2) is 4.79 Å². The molecular weight excluding hydrogens is 472 g/mol. The number of rotatable bonds is 11. The van der Waals surface area contributed by atoms with Crippen molar-refractivity contribution in [1.82, 2.24) is 15.5 Å². The van der Waals surface area contributed by atoms with Crippen LogP contribution in [0.25, 0.3) is 6.08 Å². The molecule has 0 aliphatic carbocycles. The first-order chi connectivity index (χ1) is 17.0.